The molecule has 0 saturated carbocycles. The van der Waals surface area contributed by atoms with Gasteiger partial charge in [0.05, 0.1) is 13.1 Å². The number of likely N-dealkylation sites (N-methyl/N-ethyl adjacent to an activating group) is 1. The smallest absolute Gasteiger partial charge is 0.238 e. The number of hydrogen-bond donors (Lipinski definition) is 1. The minimum atomic E-state index is -0.0263. The van der Waals surface area contributed by atoms with Crippen molar-refractivity contribution in [1.29, 1.82) is 0 Å². The van der Waals surface area contributed by atoms with E-state index >= 15 is 0 Å². The molecule has 1 N–H and O–H groups in total. The number of amides is 1. The van der Waals surface area contributed by atoms with Crippen molar-refractivity contribution in [2.75, 3.05) is 18.9 Å². The molecule has 2 aromatic heterocycles. The van der Waals surface area contributed by atoms with Crippen LogP contribution in [0.5, 0.6) is 0 Å². The predicted octanol–water partition coefficient (Wildman–Crippen LogP) is 5.55. The van der Waals surface area contributed by atoms with Crippen molar-refractivity contribution in [3.8, 4) is 11.5 Å². The maximum atomic E-state index is 12.5. The summed E-state index contributed by atoms with van der Waals surface area (Å²) >= 11 is 1.58. The third-order valence-electron chi connectivity index (χ3n) is 4.99. The van der Waals surface area contributed by atoms with Crippen LogP contribution in [-0.4, -0.2) is 29.4 Å². The number of nitrogens with one attached hydrogen (secondary N) is 1. The zero-order chi connectivity index (χ0) is 21.3. The summed E-state index contributed by atoms with van der Waals surface area (Å²) in [5, 5.41) is 7.07. The van der Waals surface area contributed by atoms with Crippen LogP contribution in [0.15, 0.2) is 52.3 Å². The van der Waals surface area contributed by atoms with Gasteiger partial charge in [-0.15, -0.1) is 11.3 Å². The third-order valence-corrected chi connectivity index (χ3v) is 5.82. The molecule has 0 aliphatic carbocycles. The number of aryl methyl sites for hydroxylation is 3. The van der Waals surface area contributed by atoms with Gasteiger partial charge in [0.1, 0.15) is 16.3 Å². The maximum absolute atomic E-state index is 12.5. The number of rotatable bonds is 6. The average molecular weight is 420 g/mol. The molecular formula is C24H25N3O2S. The quantitative estimate of drug-likeness (QED) is 0.445. The molecule has 0 radical (unpaired) electrons. The monoisotopic (exact) mass is 419 g/mol. The number of thiazole rings is 1. The summed E-state index contributed by atoms with van der Waals surface area (Å²) in [6, 6.07) is 14.1. The number of benzene rings is 2. The Morgan fingerprint density at radius 3 is 2.60 bits per heavy atom. The maximum Gasteiger partial charge on any atom is 0.238 e. The number of carbonyl (C=O) groups is 1. The van der Waals surface area contributed by atoms with E-state index in [4.69, 9.17) is 9.40 Å². The van der Waals surface area contributed by atoms with Crippen molar-refractivity contribution in [3.05, 3.63) is 69.5 Å². The van der Waals surface area contributed by atoms with E-state index < -0.39 is 0 Å². The highest BCUT2D eigenvalue weighted by Gasteiger charge is 2.14. The van der Waals surface area contributed by atoms with Crippen molar-refractivity contribution in [2.24, 2.45) is 0 Å². The van der Waals surface area contributed by atoms with Crippen molar-refractivity contribution in [1.82, 2.24) is 9.88 Å². The van der Waals surface area contributed by atoms with Crippen LogP contribution in [0.3, 0.4) is 0 Å². The molecule has 0 bridgehead atoms. The van der Waals surface area contributed by atoms with E-state index in [1.165, 1.54) is 5.56 Å². The van der Waals surface area contributed by atoms with Crippen LogP contribution in [0.1, 0.15) is 21.7 Å². The lowest BCUT2D eigenvalue weighted by Gasteiger charge is -2.17. The molecule has 5 nitrogen and oxygen atoms in total. The first kappa shape index (κ1) is 20.3. The summed E-state index contributed by atoms with van der Waals surface area (Å²) in [5.74, 6) is 0.742. The lowest BCUT2D eigenvalue weighted by Crippen LogP contribution is -2.30. The number of hydrogen-bond acceptors (Lipinski definition) is 5. The van der Waals surface area contributed by atoms with Crippen LogP contribution in [0.4, 0.5) is 5.69 Å². The van der Waals surface area contributed by atoms with Gasteiger partial charge in [-0.1, -0.05) is 35.9 Å². The van der Waals surface area contributed by atoms with Crippen LogP contribution < -0.4 is 5.32 Å². The van der Waals surface area contributed by atoms with Crippen LogP contribution in [0, 0.1) is 20.8 Å². The summed E-state index contributed by atoms with van der Waals surface area (Å²) in [4.78, 5) is 19.2. The number of fused-ring (bicyclic) bond motifs is 1. The number of carbonyl (C=O) groups excluding carboxylic acids is 1. The second-order valence-electron chi connectivity index (χ2n) is 7.77. The van der Waals surface area contributed by atoms with Gasteiger partial charge in [-0.3, -0.25) is 9.69 Å². The minimum Gasteiger partial charge on any atom is -0.454 e. The van der Waals surface area contributed by atoms with Gasteiger partial charge in [-0.05, 0) is 51.1 Å². The van der Waals surface area contributed by atoms with Crippen LogP contribution in [0.25, 0.3) is 22.4 Å². The standard InChI is InChI=1S/C24H25N3O2S/c1-15-9-16(2)24(17(3)10-15)26-22(28)12-27(4)13-23-25-19(14-30-23)21-11-18-7-5-6-8-20(18)29-21/h5-11,14H,12-13H2,1-4H3,(H,26,28). The predicted molar refractivity (Wildman–Crippen MR) is 123 cm³/mol. The summed E-state index contributed by atoms with van der Waals surface area (Å²) in [6.45, 7) is 7.01. The highest BCUT2D eigenvalue weighted by molar-refractivity contribution is 7.09. The summed E-state index contributed by atoms with van der Waals surface area (Å²) in [6.07, 6.45) is 0. The van der Waals surface area contributed by atoms with Crippen molar-refractivity contribution in [3.63, 3.8) is 0 Å². The SMILES string of the molecule is Cc1cc(C)c(NC(=O)CN(C)Cc2nc(-c3cc4ccccc4o3)cs2)c(C)c1. The van der Waals surface area contributed by atoms with E-state index in [-0.39, 0.29) is 5.91 Å². The first-order valence-corrected chi connectivity index (χ1v) is 10.8. The summed E-state index contributed by atoms with van der Waals surface area (Å²) < 4.78 is 5.90. The molecule has 0 saturated heterocycles. The lowest BCUT2D eigenvalue weighted by molar-refractivity contribution is -0.117. The van der Waals surface area contributed by atoms with Crippen molar-refractivity contribution >= 4 is 33.9 Å². The molecule has 0 aliphatic rings. The fraction of sp³-hybridized carbons (Fsp3) is 0.250. The molecule has 0 spiro atoms. The van der Waals surface area contributed by atoms with Gasteiger partial charge >= 0.3 is 0 Å². The Kier molecular flexibility index (Phi) is 5.70. The lowest BCUT2D eigenvalue weighted by atomic mass is 10.1. The Balaban J connectivity index is 1.38. The molecule has 1 amide bonds. The Labute approximate surface area is 180 Å². The molecule has 154 valence electrons. The van der Waals surface area contributed by atoms with Gasteiger partial charge in [-0.2, -0.15) is 0 Å². The molecule has 0 atom stereocenters. The Hall–Kier alpha value is -2.96. The van der Waals surface area contributed by atoms with E-state index in [9.17, 15) is 4.79 Å². The molecular weight excluding hydrogens is 394 g/mol. The van der Waals surface area contributed by atoms with Gasteiger partial charge in [0.2, 0.25) is 5.91 Å². The van der Waals surface area contributed by atoms with E-state index in [2.05, 4.69) is 24.4 Å². The number of furan rings is 1. The fourth-order valence-electron chi connectivity index (χ4n) is 3.69. The molecule has 2 heterocycles. The molecule has 2 aromatic carbocycles. The topological polar surface area (TPSA) is 58.4 Å². The van der Waals surface area contributed by atoms with Crippen LogP contribution in [-0.2, 0) is 11.3 Å². The molecule has 30 heavy (non-hydrogen) atoms. The summed E-state index contributed by atoms with van der Waals surface area (Å²) in [7, 11) is 1.93. The molecule has 6 heteroatoms. The first-order chi connectivity index (χ1) is 14.4. The first-order valence-electron chi connectivity index (χ1n) is 9.88. The van der Waals surface area contributed by atoms with Crippen LogP contribution in [0.2, 0.25) is 0 Å². The van der Waals surface area contributed by atoms with Crippen molar-refractivity contribution in [2.45, 2.75) is 27.3 Å². The van der Waals surface area contributed by atoms with Gasteiger partial charge < -0.3 is 9.73 Å². The second-order valence-corrected chi connectivity index (χ2v) is 8.71. The Bertz CT molecular complexity index is 1150. The molecule has 0 aliphatic heterocycles. The third kappa shape index (κ3) is 4.45. The normalized spacial score (nSPS) is 11.4. The van der Waals surface area contributed by atoms with Gasteiger partial charge in [0.15, 0.2) is 5.76 Å². The molecule has 4 rings (SSSR count). The largest absolute Gasteiger partial charge is 0.454 e. The number of anilines is 1. The number of para-hydroxylation sites is 1. The fourth-order valence-corrected chi connectivity index (χ4v) is 4.56. The molecule has 4 aromatic rings. The molecule has 0 fully saturated rings. The zero-order valence-electron chi connectivity index (χ0n) is 17.7. The van der Waals surface area contributed by atoms with E-state index in [1.54, 1.807) is 11.3 Å². The van der Waals surface area contributed by atoms with E-state index in [0.717, 1.165) is 44.2 Å². The highest BCUT2D eigenvalue weighted by atomic mass is 32.1. The van der Waals surface area contributed by atoms with Gasteiger partial charge in [0.25, 0.3) is 0 Å². The zero-order valence-corrected chi connectivity index (χ0v) is 18.5. The van der Waals surface area contributed by atoms with E-state index in [0.29, 0.717) is 13.1 Å². The van der Waals surface area contributed by atoms with Gasteiger partial charge in [-0.25, -0.2) is 4.98 Å². The number of aromatic nitrogens is 1. The van der Waals surface area contributed by atoms with E-state index in [1.807, 2.05) is 61.5 Å². The molecule has 0 unspecified atom stereocenters. The Morgan fingerprint density at radius 1 is 1.13 bits per heavy atom. The Morgan fingerprint density at radius 2 is 1.87 bits per heavy atom. The minimum absolute atomic E-state index is 0.0263. The number of nitrogens with zero attached hydrogens (tertiary/aromatic N) is 2. The van der Waals surface area contributed by atoms with Crippen molar-refractivity contribution < 1.29 is 9.21 Å². The van der Waals surface area contributed by atoms with Gasteiger partial charge in [0, 0.05) is 16.5 Å². The average Bonchev–Trinajstić information content (AvgIpc) is 3.31. The highest BCUT2D eigenvalue weighted by Crippen LogP contribution is 2.29. The summed E-state index contributed by atoms with van der Waals surface area (Å²) in [5.41, 5.74) is 5.95. The second kappa shape index (κ2) is 8.42. The van der Waals surface area contributed by atoms with Crippen LogP contribution >= 0.6 is 11.3 Å².